The predicted molar refractivity (Wildman–Crippen MR) is 78.1 cm³/mol. The van der Waals surface area contributed by atoms with Crippen molar-refractivity contribution in [3.63, 3.8) is 0 Å². The van der Waals surface area contributed by atoms with Crippen LogP contribution in [0.25, 0.3) is 0 Å². The Hall–Kier alpha value is -1.21. The van der Waals surface area contributed by atoms with E-state index in [4.69, 9.17) is 0 Å². The highest BCUT2D eigenvalue weighted by Crippen LogP contribution is 2.29. The molecule has 106 valence electrons. The maximum absolute atomic E-state index is 11.7. The van der Waals surface area contributed by atoms with E-state index in [-0.39, 0.29) is 19.3 Å². The SMILES string of the molecule is O=C(O)C(Cc1cccc(Br)c1Br)N1C(=O)CCC1=O. The molecule has 0 aromatic heterocycles. The van der Waals surface area contributed by atoms with Crippen molar-refractivity contribution in [2.75, 3.05) is 0 Å². The number of likely N-dealkylation sites (tertiary alicyclic amines) is 1. The molecule has 1 aliphatic heterocycles. The highest BCUT2D eigenvalue weighted by atomic mass is 79.9. The Labute approximate surface area is 132 Å². The van der Waals surface area contributed by atoms with Gasteiger partial charge in [-0.15, -0.1) is 0 Å². The number of aliphatic carboxylic acids is 1. The van der Waals surface area contributed by atoms with Crippen molar-refractivity contribution in [1.29, 1.82) is 0 Å². The second kappa shape index (κ2) is 6.05. The number of imide groups is 1. The van der Waals surface area contributed by atoms with Gasteiger partial charge in [0.05, 0.1) is 0 Å². The van der Waals surface area contributed by atoms with Crippen LogP contribution in [0.5, 0.6) is 0 Å². The molecule has 1 atom stereocenters. The number of carboxylic acid groups (broad SMARTS) is 1. The number of hydrogen-bond donors (Lipinski definition) is 1. The van der Waals surface area contributed by atoms with Gasteiger partial charge in [0, 0.05) is 28.2 Å². The Morgan fingerprint density at radius 1 is 1.25 bits per heavy atom. The fraction of sp³-hybridized carbons (Fsp3) is 0.308. The molecule has 1 aliphatic rings. The van der Waals surface area contributed by atoms with E-state index >= 15 is 0 Å². The minimum atomic E-state index is -1.18. The number of carbonyl (C=O) groups is 3. The normalized spacial score (nSPS) is 16.6. The Morgan fingerprint density at radius 3 is 2.40 bits per heavy atom. The van der Waals surface area contributed by atoms with Crippen LogP contribution in [0.3, 0.4) is 0 Å². The third kappa shape index (κ3) is 2.93. The van der Waals surface area contributed by atoms with Gasteiger partial charge in [-0.2, -0.15) is 0 Å². The molecule has 1 aromatic rings. The fourth-order valence-electron chi connectivity index (χ4n) is 2.14. The Morgan fingerprint density at radius 2 is 1.85 bits per heavy atom. The molecule has 2 rings (SSSR count). The Kier molecular flexibility index (Phi) is 4.59. The molecule has 7 heteroatoms. The summed E-state index contributed by atoms with van der Waals surface area (Å²) in [5.41, 5.74) is 0.722. The van der Waals surface area contributed by atoms with Crippen LogP contribution in [0.15, 0.2) is 27.1 Å². The number of amides is 2. The number of carbonyl (C=O) groups excluding carboxylic acids is 2. The summed E-state index contributed by atoms with van der Waals surface area (Å²) >= 11 is 6.71. The van der Waals surface area contributed by atoms with E-state index in [9.17, 15) is 19.5 Å². The van der Waals surface area contributed by atoms with Gasteiger partial charge in [-0.25, -0.2) is 4.79 Å². The molecule has 1 heterocycles. The summed E-state index contributed by atoms with van der Waals surface area (Å²) in [6.07, 6.45) is 0.247. The van der Waals surface area contributed by atoms with Gasteiger partial charge in [-0.1, -0.05) is 12.1 Å². The van der Waals surface area contributed by atoms with Gasteiger partial charge >= 0.3 is 5.97 Å². The van der Waals surface area contributed by atoms with Gasteiger partial charge in [0.15, 0.2) is 0 Å². The number of halogens is 2. The Bertz CT molecular complexity index is 572. The molecule has 20 heavy (non-hydrogen) atoms. The molecule has 1 N–H and O–H groups in total. The predicted octanol–water partition coefficient (Wildman–Crippen LogP) is 2.36. The zero-order chi connectivity index (χ0) is 14.9. The summed E-state index contributed by atoms with van der Waals surface area (Å²) in [5.74, 6) is -2.03. The number of rotatable bonds is 4. The first-order valence-corrected chi connectivity index (χ1v) is 7.51. The second-order valence-corrected chi connectivity index (χ2v) is 6.08. The van der Waals surface area contributed by atoms with Crippen molar-refractivity contribution >= 4 is 49.6 Å². The maximum Gasteiger partial charge on any atom is 0.327 e. The van der Waals surface area contributed by atoms with Gasteiger partial charge in [-0.05, 0) is 43.5 Å². The molecule has 1 saturated heterocycles. The standard InChI is InChI=1S/C13H11Br2NO4/c14-8-3-1-2-7(12(8)15)6-9(13(19)20)16-10(17)4-5-11(16)18/h1-3,9H,4-6H2,(H,19,20). The maximum atomic E-state index is 11.7. The molecule has 0 bridgehead atoms. The molecule has 0 spiro atoms. The van der Waals surface area contributed by atoms with Crippen molar-refractivity contribution in [3.8, 4) is 0 Å². The average molecular weight is 405 g/mol. The lowest BCUT2D eigenvalue weighted by atomic mass is 10.0. The zero-order valence-corrected chi connectivity index (χ0v) is 13.5. The first-order chi connectivity index (χ1) is 9.41. The summed E-state index contributed by atoms with van der Waals surface area (Å²) in [7, 11) is 0. The summed E-state index contributed by atoms with van der Waals surface area (Å²) in [5, 5.41) is 9.32. The van der Waals surface area contributed by atoms with E-state index in [1.54, 1.807) is 12.1 Å². The van der Waals surface area contributed by atoms with E-state index < -0.39 is 23.8 Å². The van der Waals surface area contributed by atoms with Crippen molar-refractivity contribution in [1.82, 2.24) is 4.90 Å². The van der Waals surface area contributed by atoms with E-state index in [1.165, 1.54) is 0 Å². The lowest BCUT2D eigenvalue weighted by Gasteiger charge is -2.23. The minimum Gasteiger partial charge on any atom is -0.480 e. The van der Waals surface area contributed by atoms with Crippen molar-refractivity contribution in [2.24, 2.45) is 0 Å². The number of benzene rings is 1. The van der Waals surface area contributed by atoms with Gasteiger partial charge < -0.3 is 5.11 Å². The van der Waals surface area contributed by atoms with Gasteiger partial charge in [0.25, 0.3) is 0 Å². The zero-order valence-electron chi connectivity index (χ0n) is 10.3. The van der Waals surface area contributed by atoms with Crippen LogP contribution < -0.4 is 0 Å². The minimum absolute atomic E-state index is 0.0762. The summed E-state index contributed by atoms with van der Waals surface area (Å²) in [6, 6.07) is 4.19. The van der Waals surface area contributed by atoms with E-state index in [1.807, 2.05) is 6.07 Å². The molecule has 0 radical (unpaired) electrons. The number of carboxylic acids is 1. The van der Waals surface area contributed by atoms with Crippen LogP contribution >= 0.6 is 31.9 Å². The van der Waals surface area contributed by atoms with Crippen LogP contribution in [0, 0.1) is 0 Å². The first kappa shape index (κ1) is 15.2. The molecule has 1 unspecified atom stereocenters. The van der Waals surface area contributed by atoms with Crippen LogP contribution in [0.4, 0.5) is 0 Å². The molecule has 5 nitrogen and oxygen atoms in total. The van der Waals surface area contributed by atoms with E-state index in [0.717, 1.165) is 19.4 Å². The largest absolute Gasteiger partial charge is 0.480 e. The summed E-state index contributed by atoms with van der Waals surface area (Å²) in [6.45, 7) is 0. The first-order valence-electron chi connectivity index (χ1n) is 5.92. The van der Waals surface area contributed by atoms with Crippen molar-refractivity contribution in [2.45, 2.75) is 25.3 Å². The average Bonchev–Trinajstić information content (AvgIpc) is 2.71. The van der Waals surface area contributed by atoms with Crippen LogP contribution in [0.1, 0.15) is 18.4 Å². The molecule has 1 fully saturated rings. The third-order valence-corrected chi connectivity index (χ3v) is 5.26. The summed E-state index contributed by atoms with van der Waals surface area (Å²) in [4.78, 5) is 35.7. The Balaban J connectivity index is 2.31. The third-order valence-electron chi connectivity index (χ3n) is 3.13. The lowest BCUT2D eigenvalue weighted by molar-refractivity contribution is -0.154. The van der Waals surface area contributed by atoms with Crippen LogP contribution in [-0.2, 0) is 20.8 Å². The molecule has 0 saturated carbocycles. The van der Waals surface area contributed by atoms with Gasteiger partial charge in [0.1, 0.15) is 6.04 Å². The van der Waals surface area contributed by atoms with E-state index in [2.05, 4.69) is 31.9 Å². The molecular formula is C13H11Br2NO4. The summed E-state index contributed by atoms with van der Waals surface area (Å²) < 4.78 is 1.52. The fourth-order valence-corrected chi connectivity index (χ4v) is 2.98. The van der Waals surface area contributed by atoms with Crippen molar-refractivity contribution in [3.05, 3.63) is 32.7 Å². The second-order valence-electron chi connectivity index (χ2n) is 4.43. The molecule has 0 aliphatic carbocycles. The quantitative estimate of drug-likeness (QED) is 0.781. The number of hydrogen-bond acceptors (Lipinski definition) is 3. The van der Waals surface area contributed by atoms with Crippen molar-refractivity contribution < 1.29 is 19.5 Å². The molecule has 2 amide bonds. The highest BCUT2D eigenvalue weighted by Gasteiger charge is 2.39. The highest BCUT2D eigenvalue weighted by molar-refractivity contribution is 9.13. The lowest BCUT2D eigenvalue weighted by Crippen LogP contribution is -2.45. The number of nitrogens with zero attached hydrogens (tertiary/aromatic N) is 1. The van der Waals surface area contributed by atoms with E-state index in [0.29, 0.717) is 0 Å². The van der Waals surface area contributed by atoms with Gasteiger partial charge in [-0.3, -0.25) is 14.5 Å². The smallest absolute Gasteiger partial charge is 0.327 e. The molecule has 1 aromatic carbocycles. The van der Waals surface area contributed by atoms with Gasteiger partial charge in [0.2, 0.25) is 11.8 Å². The van der Waals surface area contributed by atoms with Crippen LogP contribution in [-0.4, -0.2) is 33.8 Å². The topological polar surface area (TPSA) is 74.7 Å². The van der Waals surface area contributed by atoms with Crippen LogP contribution in [0.2, 0.25) is 0 Å². The monoisotopic (exact) mass is 403 g/mol. The molecular weight excluding hydrogens is 394 g/mol.